The summed E-state index contributed by atoms with van der Waals surface area (Å²) in [6.07, 6.45) is 1.03. The van der Waals surface area contributed by atoms with Crippen molar-refractivity contribution in [2.45, 2.75) is 12.1 Å². The molecule has 3 aromatic rings. The number of benzene rings is 2. The molecule has 0 aliphatic rings. The van der Waals surface area contributed by atoms with Crippen molar-refractivity contribution >= 4 is 44.6 Å². The van der Waals surface area contributed by atoms with Gasteiger partial charge in [-0.25, -0.2) is 13.4 Å². The summed E-state index contributed by atoms with van der Waals surface area (Å²) in [6.45, 7) is 2.07. The second kappa shape index (κ2) is 8.25. The van der Waals surface area contributed by atoms with Crippen molar-refractivity contribution in [3.8, 4) is 28.3 Å². The summed E-state index contributed by atoms with van der Waals surface area (Å²) in [4.78, 5) is 8.45. The van der Waals surface area contributed by atoms with Crippen LogP contribution >= 0.6 is 34.8 Å². The number of sulfone groups is 1. The molecule has 0 saturated carbocycles. The molecule has 5 nitrogen and oxygen atoms in total. The third-order valence-electron chi connectivity index (χ3n) is 3.79. The van der Waals surface area contributed by atoms with Gasteiger partial charge in [0.25, 0.3) is 5.16 Å². The van der Waals surface area contributed by atoms with Gasteiger partial charge >= 0.3 is 0 Å². The van der Waals surface area contributed by atoms with Crippen molar-refractivity contribution in [2.24, 2.45) is 0 Å². The lowest BCUT2D eigenvalue weighted by Crippen LogP contribution is -2.09. The Morgan fingerprint density at radius 3 is 2.18 bits per heavy atom. The molecule has 1 heterocycles. The monoisotopic (exact) mass is 456 g/mol. The number of hydrogen-bond donors (Lipinski definition) is 0. The largest absolute Gasteiger partial charge is 0.477 e. The second-order valence-electron chi connectivity index (χ2n) is 5.87. The first-order valence-corrected chi connectivity index (χ1v) is 11.2. The van der Waals surface area contributed by atoms with E-state index >= 15 is 0 Å². The van der Waals surface area contributed by atoms with Crippen molar-refractivity contribution in [3.05, 3.63) is 57.5 Å². The second-order valence-corrected chi connectivity index (χ2v) is 9.06. The normalized spacial score (nSPS) is 11.5. The van der Waals surface area contributed by atoms with E-state index < -0.39 is 9.84 Å². The molecule has 0 atom stereocenters. The average molecular weight is 458 g/mol. The predicted octanol–water partition coefficient (Wildman–Crippen LogP) is 5.57. The Hall–Kier alpha value is -1.86. The molecule has 0 aliphatic heterocycles. The number of aromatic nitrogens is 2. The Labute approximate surface area is 178 Å². The van der Waals surface area contributed by atoms with Crippen LogP contribution in [0.3, 0.4) is 0 Å². The Kier molecular flexibility index (Phi) is 6.15. The molecule has 0 saturated heterocycles. The fraction of sp³-hybridized carbons (Fsp3) is 0.158. The highest BCUT2D eigenvalue weighted by molar-refractivity contribution is 7.90. The van der Waals surface area contributed by atoms with Crippen LogP contribution in [0.2, 0.25) is 15.1 Å². The highest BCUT2D eigenvalue weighted by Gasteiger charge is 2.24. The van der Waals surface area contributed by atoms with E-state index in [1.807, 2.05) is 0 Å². The van der Waals surface area contributed by atoms with E-state index in [-0.39, 0.29) is 17.6 Å². The molecule has 1 aromatic heterocycles. The lowest BCUT2D eigenvalue weighted by atomic mass is 10.00. The van der Waals surface area contributed by atoms with Gasteiger partial charge in [-0.05, 0) is 42.8 Å². The van der Waals surface area contributed by atoms with Gasteiger partial charge in [-0.15, -0.1) is 0 Å². The summed E-state index contributed by atoms with van der Waals surface area (Å²) in [6, 6.07) is 11.9. The molecule has 0 aliphatic carbocycles. The first-order chi connectivity index (χ1) is 13.2. The van der Waals surface area contributed by atoms with E-state index in [4.69, 9.17) is 39.5 Å². The van der Waals surface area contributed by atoms with Crippen LogP contribution in [-0.4, -0.2) is 31.2 Å². The highest BCUT2D eigenvalue weighted by atomic mass is 35.5. The van der Waals surface area contributed by atoms with Crippen molar-refractivity contribution in [3.63, 3.8) is 0 Å². The average Bonchev–Trinajstić information content (AvgIpc) is 2.62. The van der Waals surface area contributed by atoms with Gasteiger partial charge in [-0.1, -0.05) is 46.9 Å². The molecule has 9 heteroatoms. The van der Waals surface area contributed by atoms with Crippen molar-refractivity contribution in [1.29, 1.82) is 0 Å². The van der Waals surface area contributed by atoms with E-state index in [1.165, 1.54) is 0 Å². The lowest BCUT2D eigenvalue weighted by molar-refractivity contribution is 0.324. The molecule has 0 N–H and O–H groups in total. The van der Waals surface area contributed by atoms with Crippen LogP contribution in [0.15, 0.2) is 47.6 Å². The van der Waals surface area contributed by atoms with Gasteiger partial charge in [-0.3, -0.25) is 0 Å². The van der Waals surface area contributed by atoms with Crippen LogP contribution in [0.25, 0.3) is 22.4 Å². The first-order valence-electron chi connectivity index (χ1n) is 8.17. The topological polar surface area (TPSA) is 69.2 Å². The van der Waals surface area contributed by atoms with Crippen LogP contribution in [-0.2, 0) is 9.84 Å². The van der Waals surface area contributed by atoms with E-state index in [1.54, 1.807) is 49.4 Å². The number of nitrogens with zero attached hydrogens (tertiary/aromatic N) is 2. The van der Waals surface area contributed by atoms with Gasteiger partial charge in [0.15, 0.2) is 0 Å². The van der Waals surface area contributed by atoms with Gasteiger partial charge in [0.05, 0.1) is 22.9 Å². The van der Waals surface area contributed by atoms with Crippen molar-refractivity contribution in [2.75, 3.05) is 12.9 Å². The van der Waals surface area contributed by atoms with Gasteiger partial charge in [0.1, 0.15) is 0 Å². The minimum absolute atomic E-state index is 0.140. The standard InChI is InChI=1S/C19H15Cl3N2O3S/c1-3-27-18-16(11-4-6-12(20)7-5-11)17(23-19(24-18)28(2,25)26)14-9-8-13(21)10-15(14)22/h4-10H,3H2,1-2H3. The maximum atomic E-state index is 12.2. The van der Waals surface area contributed by atoms with Crippen molar-refractivity contribution < 1.29 is 13.2 Å². The van der Waals surface area contributed by atoms with Gasteiger partial charge in [-0.2, -0.15) is 4.98 Å². The molecule has 0 amide bonds. The predicted molar refractivity (Wildman–Crippen MR) is 112 cm³/mol. The summed E-state index contributed by atoms with van der Waals surface area (Å²) in [5.74, 6) is 0.140. The molecule has 0 fully saturated rings. The number of halogens is 3. The molecule has 0 radical (unpaired) electrons. The van der Waals surface area contributed by atoms with Crippen molar-refractivity contribution in [1.82, 2.24) is 9.97 Å². The summed E-state index contributed by atoms with van der Waals surface area (Å²) in [5, 5.41) is 0.976. The molecule has 146 valence electrons. The van der Waals surface area contributed by atoms with Gasteiger partial charge in [0, 0.05) is 21.9 Å². The Balaban J connectivity index is 2.41. The first kappa shape index (κ1) is 20.9. The number of ether oxygens (including phenoxy) is 1. The quantitative estimate of drug-likeness (QED) is 0.468. The van der Waals surface area contributed by atoms with E-state index in [0.717, 1.165) is 6.26 Å². The Morgan fingerprint density at radius 2 is 1.61 bits per heavy atom. The van der Waals surface area contributed by atoms with Gasteiger partial charge < -0.3 is 4.74 Å². The minimum atomic E-state index is -3.69. The molecular weight excluding hydrogens is 443 g/mol. The summed E-state index contributed by atoms with van der Waals surface area (Å²) >= 11 is 18.4. The lowest BCUT2D eigenvalue weighted by Gasteiger charge is -2.16. The molecule has 28 heavy (non-hydrogen) atoms. The Bertz CT molecular complexity index is 1130. The number of hydrogen-bond acceptors (Lipinski definition) is 5. The third kappa shape index (κ3) is 4.41. The van der Waals surface area contributed by atoms with Crippen LogP contribution < -0.4 is 4.74 Å². The molecule has 3 rings (SSSR count). The van der Waals surface area contributed by atoms with E-state index in [2.05, 4.69) is 9.97 Å². The van der Waals surface area contributed by atoms with E-state index in [0.29, 0.717) is 37.5 Å². The fourth-order valence-corrected chi connectivity index (χ4v) is 3.71. The summed E-state index contributed by atoms with van der Waals surface area (Å²) in [5.41, 5.74) is 2.04. The SMILES string of the molecule is CCOc1nc(S(C)(=O)=O)nc(-c2ccc(Cl)cc2Cl)c1-c1ccc(Cl)cc1. The fourth-order valence-electron chi connectivity index (χ4n) is 2.58. The summed E-state index contributed by atoms with van der Waals surface area (Å²) < 4.78 is 30.0. The van der Waals surface area contributed by atoms with E-state index in [9.17, 15) is 8.42 Å². The zero-order chi connectivity index (χ0) is 20.5. The molecule has 0 bridgehead atoms. The zero-order valence-electron chi connectivity index (χ0n) is 14.9. The maximum Gasteiger partial charge on any atom is 0.250 e. The molecule has 0 spiro atoms. The summed E-state index contributed by atoms with van der Waals surface area (Å²) in [7, 11) is -3.69. The maximum absolute atomic E-state index is 12.2. The zero-order valence-corrected chi connectivity index (χ0v) is 18.0. The molecule has 0 unspecified atom stereocenters. The van der Waals surface area contributed by atoms with Crippen LogP contribution in [0.5, 0.6) is 5.88 Å². The molecule has 2 aromatic carbocycles. The van der Waals surface area contributed by atoms with Gasteiger partial charge in [0.2, 0.25) is 15.7 Å². The smallest absolute Gasteiger partial charge is 0.250 e. The number of rotatable bonds is 5. The van der Waals surface area contributed by atoms with Crippen LogP contribution in [0.1, 0.15) is 6.92 Å². The minimum Gasteiger partial charge on any atom is -0.477 e. The third-order valence-corrected chi connectivity index (χ3v) is 5.43. The molecular formula is C19H15Cl3N2O3S. The van der Waals surface area contributed by atoms with Crippen LogP contribution in [0.4, 0.5) is 0 Å². The Morgan fingerprint density at radius 1 is 0.964 bits per heavy atom. The van der Waals surface area contributed by atoms with Crippen LogP contribution in [0, 0.1) is 0 Å². The highest BCUT2D eigenvalue weighted by Crippen LogP contribution is 2.41.